The van der Waals surface area contributed by atoms with Gasteiger partial charge >= 0.3 is 0 Å². The van der Waals surface area contributed by atoms with Gasteiger partial charge in [0.1, 0.15) is 5.75 Å². The summed E-state index contributed by atoms with van der Waals surface area (Å²) in [7, 11) is 5.86. The van der Waals surface area contributed by atoms with E-state index >= 15 is 0 Å². The predicted molar refractivity (Wildman–Crippen MR) is 110 cm³/mol. The molecule has 0 saturated heterocycles. The third-order valence-electron chi connectivity index (χ3n) is 4.44. The van der Waals surface area contributed by atoms with Crippen LogP contribution in [0.4, 0.5) is 0 Å². The molecule has 5 heteroatoms. The summed E-state index contributed by atoms with van der Waals surface area (Å²) < 4.78 is 7.30. The average Bonchev–Trinajstić information content (AvgIpc) is 3.08. The number of nitrogens with one attached hydrogen (secondary N) is 1. The van der Waals surface area contributed by atoms with Gasteiger partial charge in [0, 0.05) is 37.0 Å². The number of ether oxygens (including phenoxy) is 1. The van der Waals surface area contributed by atoms with Crippen LogP contribution < -0.4 is 10.1 Å². The van der Waals surface area contributed by atoms with E-state index in [1.54, 1.807) is 7.11 Å². The van der Waals surface area contributed by atoms with Crippen molar-refractivity contribution in [2.75, 3.05) is 34.3 Å². The van der Waals surface area contributed by atoms with Crippen molar-refractivity contribution in [3.63, 3.8) is 0 Å². The Labute approximate surface area is 161 Å². The van der Waals surface area contributed by atoms with E-state index in [2.05, 4.69) is 66.9 Å². The molecule has 1 N–H and O–H groups in total. The Bertz CT molecular complexity index is 825. The van der Waals surface area contributed by atoms with Crippen LogP contribution in [0.5, 0.6) is 5.75 Å². The van der Waals surface area contributed by atoms with Crippen molar-refractivity contribution in [2.45, 2.75) is 13.1 Å². The molecule has 0 aliphatic rings. The second-order valence-corrected chi connectivity index (χ2v) is 6.89. The molecule has 5 nitrogen and oxygen atoms in total. The van der Waals surface area contributed by atoms with Crippen molar-refractivity contribution < 1.29 is 4.74 Å². The number of rotatable bonds is 9. The first-order chi connectivity index (χ1) is 13.2. The van der Waals surface area contributed by atoms with Gasteiger partial charge in [-0.25, -0.2) is 0 Å². The summed E-state index contributed by atoms with van der Waals surface area (Å²) in [6.45, 7) is 3.51. The van der Waals surface area contributed by atoms with Crippen LogP contribution in [0.3, 0.4) is 0 Å². The van der Waals surface area contributed by atoms with E-state index in [-0.39, 0.29) is 0 Å². The molecule has 1 aromatic heterocycles. The van der Waals surface area contributed by atoms with Crippen LogP contribution >= 0.6 is 0 Å². The van der Waals surface area contributed by atoms with Crippen LogP contribution in [-0.2, 0) is 13.1 Å². The molecule has 0 atom stereocenters. The van der Waals surface area contributed by atoms with Gasteiger partial charge in [0.2, 0.25) is 0 Å². The summed E-state index contributed by atoms with van der Waals surface area (Å²) in [5.41, 5.74) is 4.57. The highest BCUT2D eigenvalue weighted by atomic mass is 16.5. The molecule has 0 fully saturated rings. The molecular formula is C22H28N4O. The van der Waals surface area contributed by atoms with Gasteiger partial charge in [0.15, 0.2) is 0 Å². The van der Waals surface area contributed by atoms with E-state index in [1.807, 2.05) is 22.9 Å². The Hall–Kier alpha value is -2.63. The number of hydrogen-bond acceptors (Lipinski definition) is 4. The quantitative estimate of drug-likeness (QED) is 0.592. The first-order valence-electron chi connectivity index (χ1n) is 9.26. The lowest BCUT2D eigenvalue weighted by Crippen LogP contribution is -2.26. The monoisotopic (exact) mass is 364 g/mol. The van der Waals surface area contributed by atoms with Gasteiger partial charge in [-0.15, -0.1) is 0 Å². The van der Waals surface area contributed by atoms with Crippen molar-refractivity contribution in [1.82, 2.24) is 20.0 Å². The predicted octanol–water partition coefficient (Wildman–Crippen LogP) is 3.26. The zero-order chi connectivity index (χ0) is 19.1. The molecule has 0 aliphatic heterocycles. The minimum Gasteiger partial charge on any atom is -0.497 e. The summed E-state index contributed by atoms with van der Waals surface area (Å²) >= 11 is 0. The van der Waals surface area contributed by atoms with Crippen molar-refractivity contribution in [3.05, 3.63) is 71.9 Å². The van der Waals surface area contributed by atoms with Gasteiger partial charge in [-0.3, -0.25) is 4.68 Å². The number of benzene rings is 2. The first kappa shape index (κ1) is 19.1. The summed E-state index contributed by atoms with van der Waals surface area (Å²) in [5, 5.41) is 8.39. The van der Waals surface area contributed by atoms with Crippen molar-refractivity contribution in [1.29, 1.82) is 0 Å². The van der Waals surface area contributed by atoms with Gasteiger partial charge in [-0.1, -0.05) is 30.3 Å². The maximum absolute atomic E-state index is 5.28. The normalized spacial score (nSPS) is 11.1. The van der Waals surface area contributed by atoms with Crippen molar-refractivity contribution in [2.24, 2.45) is 0 Å². The summed E-state index contributed by atoms with van der Waals surface area (Å²) in [6.07, 6.45) is 2.15. The van der Waals surface area contributed by atoms with E-state index < -0.39 is 0 Å². The van der Waals surface area contributed by atoms with Gasteiger partial charge in [0.05, 0.1) is 19.3 Å². The molecule has 2 aromatic carbocycles. The molecular weight excluding hydrogens is 336 g/mol. The molecule has 142 valence electrons. The highest BCUT2D eigenvalue weighted by Gasteiger charge is 2.12. The largest absolute Gasteiger partial charge is 0.497 e. The fraction of sp³-hybridized carbons (Fsp3) is 0.318. The van der Waals surface area contributed by atoms with Crippen LogP contribution in [0.25, 0.3) is 11.3 Å². The maximum Gasteiger partial charge on any atom is 0.118 e. The van der Waals surface area contributed by atoms with Crippen molar-refractivity contribution >= 4 is 0 Å². The topological polar surface area (TPSA) is 42.3 Å². The van der Waals surface area contributed by atoms with E-state index in [1.165, 1.54) is 11.1 Å². The van der Waals surface area contributed by atoms with E-state index in [4.69, 9.17) is 9.84 Å². The SMILES string of the molecule is COc1ccc(-c2nn(Cc3ccccc3)cc2CNCCN(C)C)cc1. The number of methoxy groups -OCH3 is 1. The maximum atomic E-state index is 5.28. The lowest BCUT2D eigenvalue weighted by Gasteiger charge is -2.10. The average molecular weight is 364 g/mol. The fourth-order valence-corrected chi connectivity index (χ4v) is 2.96. The minimum absolute atomic E-state index is 0.766. The third-order valence-corrected chi connectivity index (χ3v) is 4.44. The second-order valence-electron chi connectivity index (χ2n) is 6.89. The fourth-order valence-electron chi connectivity index (χ4n) is 2.96. The summed E-state index contributed by atoms with van der Waals surface area (Å²) in [4.78, 5) is 2.18. The second kappa shape index (κ2) is 9.35. The van der Waals surface area contributed by atoms with Gasteiger partial charge in [0.25, 0.3) is 0 Å². The molecule has 0 radical (unpaired) electrons. The van der Waals surface area contributed by atoms with Crippen LogP contribution in [0, 0.1) is 0 Å². The third kappa shape index (κ3) is 5.42. The molecule has 0 saturated carbocycles. The lowest BCUT2D eigenvalue weighted by molar-refractivity contribution is 0.400. The standard InChI is InChI=1S/C22H28N4O/c1-25(2)14-13-23-15-20-17-26(16-18-7-5-4-6-8-18)24-22(20)19-9-11-21(27-3)12-10-19/h4-12,17,23H,13-16H2,1-3H3. The molecule has 1 heterocycles. The van der Waals surface area contributed by atoms with Crippen molar-refractivity contribution in [3.8, 4) is 17.0 Å². The molecule has 27 heavy (non-hydrogen) atoms. The smallest absolute Gasteiger partial charge is 0.118 e. The zero-order valence-corrected chi connectivity index (χ0v) is 16.4. The Kier molecular flexibility index (Phi) is 6.63. The highest BCUT2D eigenvalue weighted by molar-refractivity contribution is 5.63. The molecule has 3 aromatic rings. The molecule has 0 unspecified atom stereocenters. The number of nitrogens with zero attached hydrogens (tertiary/aromatic N) is 3. The van der Waals surface area contributed by atoms with Crippen LogP contribution in [0.1, 0.15) is 11.1 Å². The van der Waals surface area contributed by atoms with Crippen LogP contribution in [-0.4, -0.2) is 49.0 Å². The Morgan fingerprint density at radius 1 is 1.04 bits per heavy atom. The Morgan fingerprint density at radius 3 is 2.44 bits per heavy atom. The Balaban J connectivity index is 1.81. The van der Waals surface area contributed by atoms with E-state index in [0.29, 0.717) is 0 Å². The summed E-state index contributed by atoms with van der Waals surface area (Å²) in [6, 6.07) is 18.5. The highest BCUT2D eigenvalue weighted by Crippen LogP contribution is 2.25. The van der Waals surface area contributed by atoms with Gasteiger partial charge in [-0.05, 0) is 43.9 Å². The van der Waals surface area contributed by atoms with Crippen LogP contribution in [0.15, 0.2) is 60.8 Å². The lowest BCUT2D eigenvalue weighted by atomic mass is 10.1. The number of likely N-dealkylation sites (N-methyl/N-ethyl adjacent to an activating group) is 1. The molecule has 0 spiro atoms. The molecule has 3 rings (SSSR count). The zero-order valence-electron chi connectivity index (χ0n) is 16.4. The summed E-state index contributed by atoms with van der Waals surface area (Å²) in [5.74, 6) is 0.855. The minimum atomic E-state index is 0.766. The molecule has 0 aliphatic carbocycles. The molecule has 0 amide bonds. The number of aromatic nitrogens is 2. The number of hydrogen-bond donors (Lipinski definition) is 1. The van der Waals surface area contributed by atoms with Gasteiger partial charge < -0.3 is 15.0 Å². The van der Waals surface area contributed by atoms with E-state index in [9.17, 15) is 0 Å². The molecule has 0 bridgehead atoms. The van der Waals surface area contributed by atoms with Gasteiger partial charge in [-0.2, -0.15) is 5.10 Å². The first-order valence-corrected chi connectivity index (χ1v) is 9.26. The Morgan fingerprint density at radius 2 is 1.78 bits per heavy atom. The van der Waals surface area contributed by atoms with E-state index in [0.717, 1.165) is 43.2 Å². The van der Waals surface area contributed by atoms with Crippen LogP contribution in [0.2, 0.25) is 0 Å².